The summed E-state index contributed by atoms with van der Waals surface area (Å²) in [7, 11) is 0. The van der Waals surface area contributed by atoms with Crippen LogP contribution in [0.25, 0.3) is 22.3 Å². The molecular weight excluding hydrogens is 516 g/mol. The second kappa shape index (κ2) is 11.3. The number of aromatic nitrogens is 4. The summed E-state index contributed by atoms with van der Waals surface area (Å²) in [5, 5.41) is 5.66. The molecule has 9 nitrogen and oxygen atoms in total. The molecule has 0 radical (unpaired) electrons. The Labute approximate surface area is 238 Å². The molecule has 208 valence electrons. The van der Waals surface area contributed by atoms with Crippen molar-refractivity contribution in [3.05, 3.63) is 90.3 Å². The fraction of sp³-hybridized carbons (Fsp3) is 0.250. The van der Waals surface area contributed by atoms with Crippen LogP contribution in [0, 0.1) is 6.92 Å². The number of ether oxygens (including phenoxy) is 2. The first kappa shape index (κ1) is 26.3. The molecule has 0 aliphatic carbocycles. The number of rotatable bonds is 7. The molecular formula is C32H32N6O3. The van der Waals surface area contributed by atoms with Gasteiger partial charge in [0.15, 0.2) is 5.65 Å². The summed E-state index contributed by atoms with van der Waals surface area (Å²) in [6.07, 6.45) is 3.27. The number of nitrogen functional groups attached to an aromatic ring is 1. The van der Waals surface area contributed by atoms with Crippen molar-refractivity contribution in [2.24, 2.45) is 0 Å². The number of nitrogens with zero attached hydrogens (tertiary/aromatic N) is 5. The number of benzene rings is 3. The largest absolute Gasteiger partial charge is 0.489 e. The fourth-order valence-electron chi connectivity index (χ4n) is 5.27. The SMILES string of the molecule is CC(=O)N1CCC[C@@H](n2nc(-c3ccc(Oc4cccc(OCc5ccccc5C)c4)cc3)c3c(N)ncnc32)C1. The van der Waals surface area contributed by atoms with Crippen LogP contribution in [0.4, 0.5) is 5.82 Å². The van der Waals surface area contributed by atoms with Gasteiger partial charge in [0.05, 0.1) is 11.4 Å². The lowest BCUT2D eigenvalue weighted by molar-refractivity contribution is -0.130. The van der Waals surface area contributed by atoms with Crippen LogP contribution in [0.2, 0.25) is 0 Å². The van der Waals surface area contributed by atoms with Crippen molar-refractivity contribution < 1.29 is 14.3 Å². The van der Waals surface area contributed by atoms with E-state index in [1.54, 1.807) is 6.92 Å². The van der Waals surface area contributed by atoms with E-state index in [0.29, 0.717) is 47.2 Å². The van der Waals surface area contributed by atoms with E-state index in [9.17, 15) is 4.79 Å². The first-order chi connectivity index (χ1) is 20.0. The highest BCUT2D eigenvalue weighted by Crippen LogP contribution is 2.35. The van der Waals surface area contributed by atoms with E-state index in [1.165, 1.54) is 11.9 Å². The van der Waals surface area contributed by atoms with Gasteiger partial charge in [-0.2, -0.15) is 5.10 Å². The molecule has 3 aromatic carbocycles. The number of hydrogen-bond donors (Lipinski definition) is 1. The first-order valence-corrected chi connectivity index (χ1v) is 13.8. The molecule has 2 N–H and O–H groups in total. The van der Waals surface area contributed by atoms with E-state index >= 15 is 0 Å². The third-order valence-corrected chi connectivity index (χ3v) is 7.53. The predicted molar refractivity (Wildman–Crippen MR) is 158 cm³/mol. The summed E-state index contributed by atoms with van der Waals surface area (Å²) in [5.74, 6) is 2.54. The number of amides is 1. The number of hydrogen-bond acceptors (Lipinski definition) is 7. The van der Waals surface area contributed by atoms with Gasteiger partial charge in [0.25, 0.3) is 0 Å². The Balaban J connectivity index is 1.22. The molecule has 3 heterocycles. The molecule has 0 unspecified atom stereocenters. The third-order valence-electron chi connectivity index (χ3n) is 7.53. The Morgan fingerprint density at radius 3 is 2.61 bits per heavy atom. The van der Waals surface area contributed by atoms with E-state index in [-0.39, 0.29) is 11.9 Å². The van der Waals surface area contributed by atoms with Gasteiger partial charge in [0, 0.05) is 31.6 Å². The van der Waals surface area contributed by atoms with Crippen LogP contribution in [-0.4, -0.2) is 43.6 Å². The Morgan fingerprint density at radius 1 is 1.00 bits per heavy atom. The summed E-state index contributed by atoms with van der Waals surface area (Å²) < 4.78 is 14.1. The quantitative estimate of drug-likeness (QED) is 0.268. The maximum Gasteiger partial charge on any atom is 0.219 e. The van der Waals surface area contributed by atoms with Crippen LogP contribution < -0.4 is 15.2 Å². The molecule has 1 amide bonds. The Kier molecular flexibility index (Phi) is 7.24. The highest BCUT2D eigenvalue weighted by Gasteiger charge is 2.27. The topological polar surface area (TPSA) is 108 Å². The van der Waals surface area contributed by atoms with E-state index in [0.717, 1.165) is 36.3 Å². The molecule has 0 bridgehead atoms. The van der Waals surface area contributed by atoms with E-state index in [2.05, 4.69) is 29.0 Å². The highest BCUT2D eigenvalue weighted by molar-refractivity contribution is 5.98. The molecule has 5 aromatic rings. The van der Waals surface area contributed by atoms with Crippen molar-refractivity contribution >= 4 is 22.8 Å². The van der Waals surface area contributed by atoms with Crippen LogP contribution in [0.1, 0.15) is 36.9 Å². The van der Waals surface area contributed by atoms with Gasteiger partial charge in [-0.05, 0) is 67.3 Å². The lowest BCUT2D eigenvalue weighted by atomic mass is 10.1. The fourth-order valence-corrected chi connectivity index (χ4v) is 5.27. The molecule has 9 heteroatoms. The average molecular weight is 549 g/mol. The van der Waals surface area contributed by atoms with Crippen molar-refractivity contribution in [2.45, 2.75) is 39.3 Å². The number of nitrogens with two attached hydrogens (primary N) is 1. The third kappa shape index (κ3) is 5.56. The summed E-state index contributed by atoms with van der Waals surface area (Å²) in [4.78, 5) is 22.7. The zero-order valence-electron chi connectivity index (χ0n) is 23.2. The lowest BCUT2D eigenvalue weighted by Crippen LogP contribution is -2.39. The smallest absolute Gasteiger partial charge is 0.219 e. The molecule has 1 fully saturated rings. The van der Waals surface area contributed by atoms with Gasteiger partial charge >= 0.3 is 0 Å². The Bertz CT molecular complexity index is 1700. The normalized spacial score (nSPS) is 15.2. The Hall–Kier alpha value is -4.92. The molecule has 2 aromatic heterocycles. The van der Waals surface area contributed by atoms with Crippen LogP contribution in [-0.2, 0) is 11.4 Å². The summed E-state index contributed by atoms with van der Waals surface area (Å²) >= 11 is 0. The molecule has 6 rings (SSSR count). The number of anilines is 1. The van der Waals surface area contributed by atoms with Crippen LogP contribution in [0.5, 0.6) is 17.2 Å². The minimum Gasteiger partial charge on any atom is -0.489 e. The molecule has 1 saturated heterocycles. The predicted octanol–water partition coefficient (Wildman–Crippen LogP) is 5.94. The van der Waals surface area contributed by atoms with Gasteiger partial charge in [-0.1, -0.05) is 30.3 Å². The van der Waals surface area contributed by atoms with E-state index < -0.39 is 0 Å². The van der Waals surface area contributed by atoms with Gasteiger partial charge in [0.1, 0.15) is 41.7 Å². The maximum absolute atomic E-state index is 12.0. The second-order valence-electron chi connectivity index (χ2n) is 10.3. The van der Waals surface area contributed by atoms with Crippen molar-refractivity contribution in [3.8, 4) is 28.5 Å². The standard InChI is InChI=1S/C32H32N6O3/c1-21-7-3-4-8-24(21)19-40-27-10-5-11-28(17-27)41-26-14-12-23(13-15-26)30-29-31(33)34-20-35-32(29)38(36-30)25-9-6-16-37(18-25)22(2)39/h3-5,7-8,10-15,17,20,25H,6,9,16,18-19H2,1-2H3,(H2,33,34,35)/t25-/m1/s1. The second-order valence-corrected chi connectivity index (χ2v) is 10.3. The number of piperidine rings is 1. The summed E-state index contributed by atoms with van der Waals surface area (Å²) in [6, 6.07) is 23.5. The molecule has 1 aliphatic rings. The van der Waals surface area contributed by atoms with E-state index in [4.69, 9.17) is 20.3 Å². The number of carbonyl (C=O) groups excluding carboxylic acids is 1. The zero-order valence-corrected chi connectivity index (χ0v) is 23.2. The summed E-state index contributed by atoms with van der Waals surface area (Å²) in [6.45, 7) is 5.53. The Morgan fingerprint density at radius 2 is 1.80 bits per heavy atom. The average Bonchev–Trinajstić information content (AvgIpc) is 3.38. The minimum absolute atomic E-state index is 0.0149. The monoisotopic (exact) mass is 548 g/mol. The molecule has 41 heavy (non-hydrogen) atoms. The van der Waals surface area contributed by atoms with Crippen molar-refractivity contribution in [1.82, 2.24) is 24.6 Å². The molecule has 0 spiro atoms. The van der Waals surface area contributed by atoms with Gasteiger partial charge in [-0.3, -0.25) is 4.79 Å². The van der Waals surface area contributed by atoms with Gasteiger partial charge in [-0.25, -0.2) is 14.6 Å². The first-order valence-electron chi connectivity index (χ1n) is 13.8. The van der Waals surface area contributed by atoms with Gasteiger partial charge in [0.2, 0.25) is 5.91 Å². The van der Waals surface area contributed by atoms with Crippen molar-refractivity contribution in [1.29, 1.82) is 0 Å². The number of aryl methyl sites for hydroxylation is 1. The minimum atomic E-state index is 0.0149. The van der Waals surface area contributed by atoms with E-state index in [1.807, 2.05) is 70.2 Å². The molecule has 1 atom stereocenters. The highest BCUT2D eigenvalue weighted by atomic mass is 16.5. The van der Waals surface area contributed by atoms with Crippen molar-refractivity contribution in [2.75, 3.05) is 18.8 Å². The van der Waals surface area contributed by atoms with Gasteiger partial charge < -0.3 is 20.1 Å². The van der Waals surface area contributed by atoms with Gasteiger partial charge in [-0.15, -0.1) is 0 Å². The zero-order chi connectivity index (χ0) is 28.3. The lowest BCUT2D eigenvalue weighted by Gasteiger charge is -2.32. The molecule has 0 saturated carbocycles. The number of carbonyl (C=O) groups is 1. The van der Waals surface area contributed by atoms with Crippen LogP contribution in [0.3, 0.4) is 0 Å². The number of likely N-dealkylation sites (tertiary alicyclic amines) is 1. The number of fused-ring (bicyclic) bond motifs is 1. The van der Waals surface area contributed by atoms with Crippen LogP contribution >= 0.6 is 0 Å². The maximum atomic E-state index is 12.0. The summed E-state index contributed by atoms with van der Waals surface area (Å²) in [5.41, 5.74) is 10.9. The van der Waals surface area contributed by atoms with Crippen LogP contribution in [0.15, 0.2) is 79.1 Å². The van der Waals surface area contributed by atoms with Crippen molar-refractivity contribution in [3.63, 3.8) is 0 Å². The molecule has 1 aliphatic heterocycles.